The van der Waals surface area contributed by atoms with E-state index in [1.165, 1.54) is 5.56 Å². The Bertz CT molecular complexity index is 785. The number of likely N-dealkylation sites (N-methyl/N-ethyl adjacent to an activating group) is 1. The van der Waals surface area contributed by atoms with Crippen molar-refractivity contribution in [2.75, 3.05) is 27.3 Å². The van der Waals surface area contributed by atoms with Gasteiger partial charge in [-0.2, -0.15) is 0 Å². The van der Waals surface area contributed by atoms with E-state index in [4.69, 9.17) is 14.5 Å². The lowest BCUT2D eigenvalue weighted by Crippen LogP contribution is -2.52. The molecule has 0 amide bonds. The first-order chi connectivity index (χ1) is 13.2. The van der Waals surface area contributed by atoms with Crippen molar-refractivity contribution < 1.29 is 9.47 Å². The molecule has 0 saturated heterocycles. The number of nitrogens with one attached hydrogen (secondary N) is 1. The summed E-state index contributed by atoms with van der Waals surface area (Å²) in [6.45, 7) is 3.63. The molecule has 1 aliphatic rings. The smallest absolute Gasteiger partial charge is 0.208 e. The van der Waals surface area contributed by atoms with Crippen molar-refractivity contribution in [1.29, 1.82) is 0 Å². The third-order valence-electron chi connectivity index (χ3n) is 4.61. The summed E-state index contributed by atoms with van der Waals surface area (Å²) in [5.41, 5.74) is 3.39. The SMILES string of the molecule is CCN1C(=NCCc2ccc(OC)cc2)C=C(c2ccccc2)NC1OC. The van der Waals surface area contributed by atoms with Crippen LogP contribution < -0.4 is 10.1 Å². The van der Waals surface area contributed by atoms with Crippen LogP contribution in [0.1, 0.15) is 18.1 Å². The van der Waals surface area contributed by atoms with Gasteiger partial charge in [0.1, 0.15) is 11.6 Å². The molecule has 2 aromatic carbocycles. The zero-order valence-electron chi connectivity index (χ0n) is 16.2. The van der Waals surface area contributed by atoms with E-state index in [0.29, 0.717) is 6.54 Å². The van der Waals surface area contributed by atoms with Crippen LogP contribution in [-0.2, 0) is 11.2 Å². The maximum atomic E-state index is 5.65. The quantitative estimate of drug-likeness (QED) is 0.815. The predicted molar refractivity (Wildman–Crippen MR) is 110 cm³/mol. The molecule has 1 aliphatic heterocycles. The van der Waals surface area contributed by atoms with Gasteiger partial charge in [-0.15, -0.1) is 0 Å². The summed E-state index contributed by atoms with van der Waals surface area (Å²) in [6.07, 6.45) is 2.75. The van der Waals surface area contributed by atoms with Gasteiger partial charge in [0, 0.05) is 32.0 Å². The summed E-state index contributed by atoms with van der Waals surface area (Å²) in [5, 5.41) is 3.44. The number of rotatable bonds is 7. The first-order valence-corrected chi connectivity index (χ1v) is 9.25. The van der Waals surface area contributed by atoms with Gasteiger partial charge in [0.05, 0.1) is 7.11 Å². The molecule has 0 spiro atoms. The molecule has 0 radical (unpaired) electrons. The Morgan fingerprint density at radius 1 is 1.04 bits per heavy atom. The maximum Gasteiger partial charge on any atom is 0.208 e. The van der Waals surface area contributed by atoms with Crippen LogP contribution >= 0.6 is 0 Å². The van der Waals surface area contributed by atoms with Crippen LogP contribution in [0.5, 0.6) is 5.75 Å². The van der Waals surface area contributed by atoms with Crippen LogP contribution in [0.15, 0.2) is 65.7 Å². The Morgan fingerprint density at radius 2 is 1.78 bits per heavy atom. The van der Waals surface area contributed by atoms with Crippen molar-refractivity contribution in [3.63, 3.8) is 0 Å². The summed E-state index contributed by atoms with van der Waals surface area (Å²) >= 11 is 0. The van der Waals surface area contributed by atoms with E-state index in [9.17, 15) is 0 Å². The van der Waals surface area contributed by atoms with Crippen molar-refractivity contribution >= 4 is 11.5 Å². The molecule has 5 heteroatoms. The Kier molecular flexibility index (Phi) is 6.49. The van der Waals surface area contributed by atoms with Crippen LogP contribution in [0, 0.1) is 0 Å². The molecule has 142 valence electrons. The number of hydrogen-bond acceptors (Lipinski definition) is 4. The molecule has 0 aromatic heterocycles. The van der Waals surface area contributed by atoms with Crippen molar-refractivity contribution in [2.24, 2.45) is 4.99 Å². The van der Waals surface area contributed by atoms with Gasteiger partial charge in [0.25, 0.3) is 0 Å². The fourth-order valence-electron chi connectivity index (χ4n) is 3.11. The zero-order valence-corrected chi connectivity index (χ0v) is 16.2. The molecule has 1 unspecified atom stereocenters. The van der Waals surface area contributed by atoms with E-state index in [1.54, 1.807) is 14.2 Å². The first-order valence-electron chi connectivity index (χ1n) is 9.25. The van der Waals surface area contributed by atoms with Crippen molar-refractivity contribution in [1.82, 2.24) is 10.2 Å². The summed E-state index contributed by atoms with van der Waals surface area (Å²) in [7, 11) is 3.39. The Balaban J connectivity index is 1.78. The lowest BCUT2D eigenvalue weighted by Gasteiger charge is -2.37. The van der Waals surface area contributed by atoms with Gasteiger partial charge in [-0.1, -0.05) is 42.5 Å². The number of hydrogen-bond donors (Lipinski definition) is 1. The molecule has 5 nitrogen and oxygen atoms in total. The number of benzene rings is 2. The minimum atomic E-state index is -0.227. The van der Waals surface area contributed by atoms with E-state index in [1.807, 2.05) is 30.3 Å². The van der Waals surface area contributed by atoms with Crippen LogP contribution in [0.25, 0.3) is 5.70 Å². The summed E-state index contributed by atoms with van der Waals surface area (Å²) < 4.78 is 10.9. The second-order valence-corrected chi connectivity index (χ2v) is 6.28. The van der Waals surface area contributed by atoms with E-state index < -0.39 is 0 Å². The molecule has 1 atom stereocenters. The number of nitrogens with zero attached hydrogens (tertiary/aromatic N) is 2. The normalized spacial score (nSPS) is 18.2. The second kappa shape index (κ2) is 9.24. The largest absolute Gasteiger partial charge is 0.497 e. The Morgan fingerprint density at radius 3 is 2.41 bits per heavy atom. The van der Waals surface area contributed by atoms with Crippen LogP contribution in [0.4, 0.5) is 0 Å². The molecule has 3 rings (SSSR count). The topological polar surface area (TPSA) is 46.1 Å². The van der Waals surface area contributed by atoms with Gasteiger partial charge in [-0.05, 0) is 36.6 Å². The highest BCUT2D eigenvalue weighted by atomic mass is 16.5. The average Bonchev–Trinajstić information content (AvgIpc) is 2.74. The van der Waals surface area contributed by atoms with Crippen molar-refractivity contribution in [2.45, 2.75) is 19.7 Å². The first kappa shape index (κ1) is 19.0. The molecule has 0 bridgehead atoms. The minimum absolute atomic E-state index is 0.227. The fourth-order valence-corrected chi connectivity index (χ4v) is 3.11. The van der Waals surface area contributed by atoms with E-state index in [-0.39, 0.29) is 6.35 Å². The molecular formula is C22H27N3O2. The molecule has 2 aromatic rings. The molecule has 27 heavy (non-hydrogen) atoms. The Labute approximate surface area is 161 Å². The van der Waals surface area contributed by atoms with E-state index in [2.05, 4.69) is 47.5 Å². The number of methoxy groups -OCH3 is 2. The maximum absolute atomic E-state index is 5.65. The van der Waals surface area contributed by atoms with Gasteiger partial charge in [-0.25, -0.2) is 0 Å². The molecule has 0 aliphatic carbocycles. The average molecular weight is 365 g/mol. The summed E-state index contributed by atoms with van der Waals surface area (Å²) in [4.78, 5) is 6.99. The van der Waals surface area contributed by atoms with Gasteiger partial charge < -0.3 is 19.7 Å². The van der Waals surface area contributed by atoms with Crippen LogP contribution in [0.3, 0.4) is 0 Å². The third-order valence-corrected chi connectivity index (χ3v) is 4.61. The van der Waals surface area contributed by atoms with Gasteiger partial charge in [0.2, 0.25) is 6.35 Å². The number of aliphatic imine (C=N–C) groups is 1. The highest BCUT2D eigenvalue weighted by Crippen LogP contribution is 2.19. The molecule has 0 fully saturated rings. The lowest BCUT2D eigenvalue weighted by molar-refractivity contribution is -0.00546. The third kappa shape index (κ3) is 4.68. The van der Waals surface area contributed by atoms with E-state index in [0.717, 1.165) is 35.8 Å². The van der Waals surface area contributed by atoms with Crippen molar-refractivity contribution in [3.05, 3.63) is 71.8 Å². The highest BCUT2D eigenvalue weighted by molar-refractivity contribution is 6.00. The number of ether oxygens (including phenoxy) is 2. The monoisotopic (exact) mass is 365 g/mol. The van der Waals surface area contributed by atoms with Gasteiger partial charge >= 0.3 is 0 Å². The summed E-state index contributed by atoms with van der Waals surface area (Å²) in [5.74, 6) is 1.81. The molecule has 1 N–H and O–H groups in total. The molecular weight excluding hydrogens is 338 g/mol. The van der Waals surface area contributed by atoms with Gasteiger partial charge in [-0.3, -0.25) is 4.99 Å². The molecule has 0 saturated carbocycles. The van der Waals surface area contributed by atoms with E-state index >= 15 is 0 Å². The highest BCUT2D eigenvalue weighted by Gasteiger charge is 2.25. The predicted octanol–water partition coefficient (Wildman–Crippen LogP) is 3.53. The van der Waals surface area contributed by atoms with Crippen LogP contribution in [-0.4, -0.2) is 44.4 Å². The number of amidine groups is 1. The fraction of sp³-hybridized carbons (Fsp3) is 0.318. The molecule has 1 heterocycles. The van der Waals surface area contributed by atoms with Crippen molar-refractivity contribution in [3.8, 4) is 5.75 Å². The van der Waals surface area contributed by atoms with Crippen LogP contribution in [0.2, 0.25) is 0 Å². The lowest BCUT2D eigenvalue weighted by atomic mass is 10.1. The standard InChI is InChI=1S/C22H27N3O2/c1-4-25-21(23-15-14-17-10-12-19(26-2)13-11-17)16-20(24-22(25)27-3)18-8-6-5-7-9-18/h5-13,16,22,24H,4,14-15H2,1-3H3. The minimum Gasteiger partial charge on any atom is -0.497 e. The second-order valence-electron chi connectivity index (χ2n) is 6.28. The van der Waals surface area contributed by atoms with Gasteiger partial charge in [0.15, 0.2) is 0 Å². The summed E-state index contributed by atoms with van der Waals surface area (Å²) in [6, 6.07) is 18.4. The zero-order chi connectivity index (χ0) is 19.1. The Hall–Kier alpha value is -2.79.